The SMILES string of the molecule is CCCCCNc1ccnc(NCc2ccco2)n1. The van der Waals surface area contributed by atoms with Crippen LogP contribution in [0.1, 0.15) is 31.9 Å². The second-order valence-corrected chi connectivity index (χ2v) is 4.33. The summed E-state index contributed by atoms with van der Waals surface area (Å²) in [5, 5.41) is 6.43. The van der Waals surface area contributed by atoms with Crippen molar-refractivity contribution in [2.75, 3.05) is 17.2 Å². The second kappa shape index (κ2) is 7.41. The molecule has 2 rings (SSSR count). The number of unbranched alkanes of at least 4 members (excludes halogenated alkanes) is 2. The number of anilines is 2. The third kappa shape index (κ3) is 4.62. The van der Waals surface area contributed by atoms with Crippen LogP contribution in [0.15, 0.2) is 35.1 Å². The molecule has 2 N–H and O–H groups in total. The molecule has 0 saturated carbocycles. The topological polar surface area (TPSA) is 63.0 Å². The van der Waals surface area contributed by atoms with Gasteiger partial charge in [-0.15, -0.1) is 0 Å². The lowest BCUT2D eigenvalue weighted by Gasteiger charge is -2.07. The first-order valence-electron chi connectivity index (χ1n) is 6.71. The van der Waals surface area contributed by atoms with Gasteiger partial charge < -0.3 is 15.1 Å². The van der Waals surface area contributed by atoms with E-state index in [1.165, 1.54) is 12.8 Å². The van der Waals surface area contributed by atoms with E-state index in [4.69, 9.17) is 4.42 Å². The number of hydrogen-bond acceptors (Lipinski definition) is 5. The van der Waals surface area contributed by atoms with E-state index < -0.39 is 0 Å². The van der Waals surface area contributed by atoms with Gasteiger partial charge >= 0.3 is 0 Å². The summed E-state index contributed by atoms with van der Waals surface area (Å²) in [5.41, 5.74) is 0. The van der Waals surface area contributed by atoms with Gasteiger partial charge in [0.05, 0.1) is 12.8 Å². The van der Waals surface area contributed by atoms with Gasteiger partial charge in [0.2, 0.25) is 5.95 Å². The van der Waals surface area contributed by atoms with Crippen molar-refractivity contribution in [2.45, 2.75) is 32.7 Å². The fourth-order valence-corrected chi connectivity index (χ4v) is 1.71. The van der Waals surface area contributed by atoms with Gasteiger partial charge in [0, 0.05) is 12.7 Å². The highest BCUT2D eigenvalue weighted by molar-refractivity contribution is 5.39. The molecule has 0 unspecified atom stereocenters. The number of aromatic nitrogens is 2. The summed E-state index contributed by atoms with van der Waals surface area (Å²) in [6.45, 7) is 3.73. The van der Waals surface area contributed by atoms with Gasteiger partial charge in [0.1, 0.15) is 11.6 Å². The molecule has 0 aliphatic rings. The van der Waals surface area contributed by atoms with Crippen LogP contribution in [0.3, 0.4) is 0 Å². The van der Waals surface area contributed by atoms with Gasteiger partial charge in [-0.3, -0.25) is 0 Å². The first-order chi connectivity index (χ1) is 9.38. The quantitative estimate of drug-likeness (QED) is 0.713. The van der Waals surface area contributed by atoms with E-state index in [-0.39, 0.29) is 0 Å². The lowest BCUT2D eigenvalue weighted by atomic mass is 10.2. The van der Waals surface area contributed by atoms with Crippen molar-refractivity contribution in [3.63, 3.8) is 0 Å². The normalized spacial score (nSPS) is 10.4. The van der Waals surface area contributed by atoms with Gasteiger partial charge in [-0.25, -0.2) is 4.98 Å². The van der Waals surface area contributed by atoms with E-state index in [1.54, 1.807) is 12.5 Å². The number of nitrogens with one attached hydrogen (secondary N) is 2. The Morgan fingerprint density at radius 3 is 2.95 bits per heavy atom. The minimum Gasteiger partial charge on any atom is -0.467 e. The van der Waals surface area contributed by atoms with Gasteiger partial charge in [-0.1, -0.05) is 19.8 Å². The van der Waals surface area contributed by atoms with Crippen molar-refractivity contribution in [3.8, 4) is 0 Å². The van der Waals surface area contributed by atoms with Crippen molar-refractivity contribution in [2.24, 2.45) is 0 Å². The minimum atomic E-state index is 0.590. The molecule has 0 fully saturated rings. The van der Waals surface area contributed by atoms with E-state index in [1.807, 2.05) is 18.2 Å². The molecule has 0 saturated heterocycles. The average Bonchev–Trinajstić information content (AvgIpc) is 2.95. The van der Waals surface area contributed by atoms with E-state index in [9.17, 15) is 0 Å². The van der Waals surface area contributed by atoms with Crippen LogP contribution in [0, 0.1) is 0 Å². The Kier molecular flexibility index (Phi) is 5.22. The van der Waals surface area contributed by atoms with E-state index >= 15 is 0 Å². The molecule has 0 aliphatic heterocycles. The summed E-state index contributed by atoms with van der Waals surface area (Å²) < 4.78 is 5.24. The molecular weight excluding hydrogens is 240 g/mol. The van der Waals surface area contributed by atoms with E-state index in [2.05, 4.69) is 27.5 Å². The smallest absolute Gasteiger partial charge is 0.224 e. The molecule has 102 valence electrons. The largest absolute Gasteiger partial charge is 0.467 e. The molecule has 0 radical (unpaired) electrons. The molecule has 2 aromatic rings. The minimum absolute atomic E-state index is 0.590. The lowest BCUT2D eigenvalue weighted by Crippen LogP contribution is -2.07. The highest BCUT2D eigenvalue weighted by Crippen LogP contribution is 2.08. The zero-order valence-corrected chi connectivity index (χ0v) is 11.2. The van der Waals surface area contributed by atoms with Gasteiger partial charge in [0.25, 0.3) is 0 Å². The van der Waals surface area contributed by atoms with Gasteiger partial charge in [-0.2, -0.15) is 4.98 Å². The molecule has 19 heavy (non-hydrogen) atoms. The van der Waals surface area contributed by atoms with Crippen LogP contribution in [0.5, 0.6) is 0 Å². The molecular formula is C14H20N4O. The molecule has 5 heteroatoms. The summed E-state index contributed by atoms with van der Waals surface area (Å²) in [5.74, 6) is 2.33. The van der Waals surface area contributed by atoms with E-state index in [0.717, 1.165) is 24.5 Å². The first-order valence-corrected chi connectivity index (χ1v) is 6.71. The summed E-state index contributed by atoms with van der Waals surface area (Å²) in [7, 11) is 0. The van der Waals surface area contributed by atoms with Crippen LogP contribution in [0.2, 0.25) is 0 Å². The van der Waals surface area contributed by atoms with Crippen LogP contribution in [-0.2, 0) is 6.54 Å². The molecule has 0 aromatic carbocycles. The van der Waals surface area contributed by atoms with E-state index in [0.29, 0.717) is 12.5 Å². The zero-order chi connectivity index (χ0) is 13.3. The summed E-state index contributed by atoms with van der Waals surface area (Å²) in [6, 6.07) is 5.66. The van der Waals surface area contributed by atoms with Crippen LogP contribution < -0.4 is 10.6 Å². The van der Waals surface area contributed by atoms with Crippen molar-refractivity contribution >= 4 is 11.8 Å². The zero-order valence-electron chi connectivity index (χ0n) is 11.2. The van der Waals surface area contributed by atoms with Crippen molar-refractivity contribution in [1.82, 2.24) is 9.97 Å². The molecule has 2 aromatic heterocycles. The fourth-order valence-electron chi connectivity index (χ4n) is 1.71. The lowest BCUT2D eigenvalue weighted by molar-refractivity contribution is 0.517. The summed E-state index contributed by atoms with van der Waals surface area (Å²) in [6.07, 6.45) is 7.03. The maximum atomic E-state index is 5.24. The number of hydrogen-bond donors (Lipinski definition) is 2. The Morgan fingerprint density at radius 2 is 2.16 bits per heavy atom. The predicted molar refractivity (Wildman–Crippen MR) is 76.1 cm³/mol. The van der Waals surface area contributed by atoms with Crippen molar-refractivity contribution in [3.05, 3.63) is 36.4 Å². The maximum absolute atomic E-state index is 5.24. The Balaban J connectivity index is 1.81. The summed E-state index contributed by atoms with van der Waals surface area (Å²) >= 11 is 0. The number of furan rings is 1. The molecule has 2 heterocycles. The highest BCUT2D eigenvalue weighted by Gasteiger charge is 2.00. The molecule has 5 nitrogen and oxygen atoms in total. The fraction of sp³-hybridized carbons (Fsp3) is 0.429. The van der Waals surface area contributed by atoms with Gasteiger partial charge in [0.15, 0.2) is 0 Å². The molecule has 0 spiro atoms. The molecule has 0 amide bonds. The van der Waals surface area contributed by atoms with Crippen molar-refractivity contribution < 1.29 is 4.42 Å². The Bertz CT molecular complexity index is 470. The Hall–Kier alpha value is -2.04. The van der Waals surface area contributed by atoms with Crippen LogP contribution in [0.25, 0.3) is 0 Å². The molecule has 0 bridgehead atoms. The van der Waals surface area contributed by atoms with Crippen LogP contribution in [0.4, 0.5) is 11.8 Å². The predicted octanol–water partition coefficient (Wildman–Crippen LogP) is 3.28. The Morgan fingerprint density at radius 1 is 1.21 bits per heavy atom. The van der Waals surface area contributed by atoms with Crippen LogP contribution >= 0.6 is 0 Å². The second-order valence-electron chi connectivity index (χ2n) is 4.33. The monoisotopic (exact) mass is 260 g/mol. The van der Waals surface area contributed by atoms with Gasteiger partial charge in [-0.05, 0) is 24.6 Å². The maximum Gasteiger partial charge on any atom is 0.224 e. The third-order valence-electron chi connectivity index (χ3n) is 2.74. The highest BCUT2D eigenvalue weighted by atomic mass is 16.3. The first kappa shape index (κ1) is 13.4. The molecule has 0 aliphatic carbocycles. The summed E-state index contributed by atoms with van der Waals surface area (Å²) in [4.78, 5) is 8.57. The standard InChI is InChI=1S/C14H20N4O/c1-2-3-4-8-15-13-7-9-16-14(18-13)17-11-12-6-5-10-19-12/h5-7,9-10H,2-4,8,11H2,1H3,(H2,15,16,17,18). The third-order valence-corrected chi connectivity index (χ3v) is 2.74. The average molecular weight is 260 g/mol. The Labute approximate surface area is 113 Å². The van der Waals surface area contributed by atoms with Crippen molar-refractivity contribution in [1.29, 1.82) is 0 Å². The molecule has 0 atom stereocenters. The van der Waals surface area contributed by atoms with Crippen LogP contribution in [-0.4, -0.2) is 16.5 Å². The number of nitrogens with zero attached hydrogens (tertiary/aromatic N) is 2. The number of rotatable bonds is 8.